The maximum atomic E-state index is 12.5. The van der Waals surface area contributed by atoms with Crippen LogP contribution in [0.4, 0.5) is 10.5 Å². The molecule has 0 bridgehead atoms. The summed E-state index contributed by atoms with van der Waals surface area (Å²) in [7, 11) is 0. The average molecular weight is 449 g/mol. The first-order valence-electron chi connectivity index (χ1n) is 11.2. The van der Waals surface area contributed by atoms with E-state index in [9.17, 15) is 9.59 Å². The number of nitrogens with zero attached hydrogens (tertiary/aromatic N) is 3. The van der Waals surface area contributed by atoms with Crippen LogP contribution in [0.5, 0.6) is 0 Å². The van der Waals surface area contributed by atoms with E-state index in [4.69, 9.17) is 9.26 Å². The average Bonchev–Trinajstić information content (AvgIpc) is 3.32. The van der Waals surface area contributed by atoms with Crippen LogP contribution in [-0.4, -0.2) is 40.1 Å². The van der Waals surface area contributed by atoms with E-state index in [1.807, 2.05) is 54.6 Å². The van der Waals surface area contributed by atoms with Gasteiger partial charge in [-0.05, 0) is 36.5 Å². The number of aromatic nitrogens is 2. The lowest BCUT2D eigenvalue weighted by atomic mass is 9.97. The van der Waals surface area contributed by atoms with Gasteiger partial charge in [0.05, 0.1) is 5.92 Å². The second-order valence-corrected chi connectivity index (χ2v) is 8.45. The van der Waals surface area contributed by atoms with Crippen LogP contribution in [0.2, 0.25) is 0 Å². The van der Waals surface area contributed by atoms with Crippen LogP contribution in [-0.2, 0) is 16.1 Å². The molecule has 2 amide bonds. The first-order valence-corrected chi connectivity index (χ1v) is 11.2. The Morgan fingerprint density at radius 2 is 1.79 bits per heavy atom. The Balaban J connectivity index is 1.23. The molecule has 0 unspecified atom stereocenters. The van der Waals surface area contributed by atoms with Crippen molar-refractivity contribution in [1.29, 1.82) is 0 Å². The first-order chi connectivity index (χ1) is 16.0. The number of anilines is 1. The van der Waals surface area contributed by atoms with E-state index in [1.54, 1.807) is 4.90 Å². The summed E-state index contributed by atoms with van der Waals surface area (Å²) in [6.07, 6.45) is 1.11. The number of amides is 2. The number of carbonyl (C=O) groups excluding carboxylic acids is 2. The molecule has 8 heteroatoms. The lowest BCUT2D eigenvalue weighted by Gasteiger charge is -2.30. The van der Waals surface area contributed by atoms with Crippen molar-refractivity contribution in [2.75, 3.05) is 18.4 Å². The second kappa shape index (κ2) is 10.3. The Bertz CT molecular complexity index is 1070. The maximum absolute atomic E-state index is 12.5. The van der Waals surface area contributed by atoms with E-state index in [2.05, 4.69) is 29.3 Å². The third-order valence-corrected chi connectivity index (χ3v) is 5.78. The lowest BCUT2D eigenvalue weighted by Crippen LogP contribution is -2.42. The van der Waals surface area contributed by atoms with E-state index in [0.29, 0.717) is 37.7 Å². The third kappa shape index (κ3) is 5.77. The zero-order chi connectivity index (χ0) is 23.2. The van der Waals surface area contributed by atoms with Gasteiger partial charge in [0.2, 0.25) is 5.82 Å². The summed E-state index contributed by atoms with van der Waals surface area (Å²) in [6, 6.07) is 17.1. The van der Waals surface area contributed by atoms with Crippen molar-refractivity contribution in [3.8, 4) is 11.4 Å². The number of benzene rings is 2. The largest absolute Gasteiger partial charge is 0.455 e. The van der Waals surface area contributed by atoms with Gasteiger partial charge < -0.3 is 19.5 Å². The van der Waals surface area contributed by atoms with Gasteiger partial charge in [-0.25, -0.2) is 4.79 Å². The Morgan fingerprint density at radius 3 is 2.45 bits per heavy atom. The van der Waals surface area contributed by atoms with Crippen LogP contribution < -0.4 is 5.32 Å². The quantitative estimate of drug-likeness (QED) is 0.542. The van der Waals surface area contributed by atoms with Gasteiger partial charge in [0.25, 0.3) is 5.89 Å². The van der Waals surface area contributed by atoms with Crippen molar-refractivity contribution >= 4 is 17.7 Å². The fraction of sp³-hybridized carbons (Fsp3) is 0.360. The number of likely N-dealkylation sites (tertiary alicyclic amines) is 1. The lowest BCUT2D eigenvalue weighted by molar-refractivity contribution is -0.152. The minimum Gasteiger partial charge on any atom is -0.455 e. The highest BCUT2D eigenvalue weighted by Crippen LogP contribution is 2.22. The SMILES string of the molecule is CC(C)c1ccc(-c2noc(COC(=O)C3CCN(C(=O)Nc4ccccc4)CC3)n2)cc1. The van der Waals surface area contributed by atoms with Gasteiger partial charge in [-0.15, -0.1) is 0 Å². The van der Waals surface area contributed by atoms with Crippen LogP contribution in [0.1, 0.15) is 44.1 Å². The molecule has 3 aromatic rings. The van der Waals surface area contributed by atoms with Crippen LogP contribution in [0.3, 0.4) is 0 Å². The van der Waals surface area contributed by atoms with Gasteiger partial charge in [-0.1, -0.05) is 61.5 Å². The van der Waals surface area contributed by atoms with E-state index in [-0.39, 0.29) is 30.4 Å². The number of hydrogen-bond donors (Lipinski definition) is 1. The summed E-state index contributed by atoms with van der Waals surface area (Å²) in [5, 5.41) is 6.86. The molecular formula is C25H28N4O4. The number of ether oxygens (including phenoxy) is 1. The fourth-order valence-electron chi connectivity index (χ4n) is 3.74. The molecule has 1 N–H and O–H groups in total. The van der Waals surface area contributed by atoms with Gasteiger partial charge in [-0.3, -0.25) is 4.79 Å². The van der Waals surface area contributed by atoms with Crippen LogP contribution >= 0.6 is 0 Å². The normalized spacial score (nSPS) is 14.3. The van der Waals surface area contributed by atoms with Crippen molar-refractivity contribution in [1.82, 2.24) is 15.0 Å². The zero-order valence-electron chi connectivity index (χ0n) is 18.9. The Hall–Kier alpha value is -3.68. The highest BCUT2D eigenvalue weighted by molar-refractivity contribution is 5.89. The molecule has 0 radical (unpaired) electrons. The molecule has 2 heterocycles. The van der Waals surface area contributed by atoms with E-state index >= 15 is 0 Å². The second-order valence-electron chi connectivity index (χ2n) is 8.45. The summed E-state index contributed by atoms with van der Waals surface area (Å²) in [5.41, 5.74) is 2.83. The molecule has 4 rings (SSSR count). The Kier molecular flexibility index (Phi) is 7.02. The van der Waals surface area contributed by atoms with Crippen molar-refractivity contribution in [3.05, 3.63) is 66.1 Å². The van der Waals surface area contributed by atoms with Crippen molar-refractivity contribution < 1.29 is 18.8 Å². The fourth-order valence-corrected chi connectivity index (χ4v) is 3.74. The minimum absolute atomic E-state index is 0.0649. The Morgan fingerprint density at radius 1 is 1.09 bits per heavy atom. The van der Waals surface area contributed by atoms with Crippen molar-refractivity contribution in [2.24, 2.45) is 5.92 Å². The molecule has 172 valence electrons. The molecule has 1 aliphatic rings. The third-order valence-electron chi connectivity index (χ3n) is 5.78. The van der Waals surface area contributed by atoms with Gasteiger partial charge in [-0.2, -0.15) is 4.98 Å². The summed E-state index contributed by atoms with van der Waals surface area (Å²) < 4.78 is 10.6. The van der Waals surface area contributed by atoms with Gasteiger partial charge in [0.1, 0.15) is 0 Å². The first kappa shape index (κ1) is 22.5. The number of carbonyl (C=O) groups is 2. The maximum Gasteiger partial charge on any atom is 0.321 e. The van der Waals surface area contributed by atoms with Crippen molar-refractivity contribution in [2.45, 2.75) is 39.2 Å². The molecule has 2 aromatic carbocycles. The number of piperidine rings is 1. The van der Waals surface area contributed by atoms with Crippen LogP contribution in [0.15, 0.2) is 59.1 Å². The molecule has 0 atom stereocenters. The highest BCUT2D eigenvalue weighted by atomic mass is 16.6. The Labute approximate surface area is 192 Å². The standard InChI is InChI=1S/C25H28N4O4/c1-17(2)18-8-10-19(11-9-18)23-27-22(33-28-23)16-32-24(30)20-12-14-29(15-13-20)25(31)26-21-6-4-3-5-7-21/h3-11,17,20H,12-16H2,1-2H3,(H,26,31). The number of para-hydroxylation sites is 1. The summed E-state index contributed by atoms with van der Waals surface area (Å²) in [6.45, 7) is 5.20. The molecule has 0 spiro atoms. The van der Waals surface area contributed by atoms with E-state index in [0.717, 1.165) is 11.3 Å². The van der Waals surface area contributed by atoms with Crippen LogP contribution in [0, 0.1) is 5.92 Å². The minimum atomic E-state index is -0.306. The summed E-state index contributed by atoms with van der Waals surface area (Å²) in [4.78, 5) is 30.9. The molecule has 1 saturated heterocycles. The molecule has 33 heavy (non-hydrogen) atoms. The van der Waals surface area contributed by atoms with Crippen molar-refractivity contribution in [3.63, 3.8) is 0 Å². The zero-order valence-corrected chi connectivity index (χ0v) is 18.9. The van der Waals surface area contributed by atoms with Gasteiger partial charge >= 0.3 is 12.0 Å². The number of nitrogens with one attached hydrogen (secondary N) is 1. The summed E-state index contributed by atoms with van der Waals surface area (Å²) >= 11 is 0. The van der Waals surface area contributed by atoms with E-state index < -0.39 is 0 Å². The molecule has 1 aromatic heterocycles. The smallest absolute Gasteiger partial charge is 0.321 e. The predicted molar refractivity (Wildman–Crippen MR) is 123 cm³/mol. The molecule has 1 fully saturated rings. The number of rotatable bonds is 6. The molecule has 0 aliphatic carbocycles. The number of urea groups is 1. The van der Waals surface area contributed by atoms with E-state index in [1.165, 1.54) is 5.56 Å². The molecular weight excluding hydrogens is 420 g/mol. The molecule has 0 saturated carbocycles. The number of esters is 1. The molecule has 8 nitrogen and oxygen atoms in total. The topological polar surface area (TPSA) is 97.6 Å². The van der Waals surface area contributed by atoms with Crippen LogP contribution in [0.25, 0.3) is 11.4 Å². The predicted octanol–water partition coefficient (Wildman–Crippen LogP) is 4.85. The van der Waals surface area contributed by atoms with Gasteiger partial charge in [0.15, 0.2) is 6.61 Å². The summed E-state index contributed by atoms with van der Waals surface area (Å²) in [5.74, 6) is 0.611. The number of hydrogen-bond acceptors (Lipinski definition) is 6. The molecule has 1 aliphatic heterocycles. The highest BCUT2D eigenvalue weighted by Gasteiger charge is 2.28. The van der Waals surface area contributed by atoms with Gasteiger partial charge in [0, 0.05) is 24.3 Å². The monoisotopic (exact) mass is 448 g/mol.